The van der Waals surface area contributed by atoms with Gasteiger partial charge >= 0.3 is 0 Å². The molecule has 0 saturated heterocycles. The molecule has 2 aliphatic carbocycles. The number of benzene rings is 3. The third kappa shape index (κ3) is 9.11. The lowest BCUT2D eigenvalue weighted by atomic mass is 9.66. The molecule has 65 heavy (non-hydrogen) atoms. The molecular weight excluding hydrogens is 785 g/mol. The van der Waals surface area contributed by atoms with Crippen LogP contribution in [0.15, 0.2) is 181 Å². The third-order valence-electron chi connectivity index (χ3n) is 14.0. The number of anilines is 2. The van der Waals surface area contributed by atoms with Gasteiger partial charge in [0, 0.05) is 50.8 Å². The lowest BCUT2D eigenvalue weighted by Crippen LogP contribution is -2.34. The molecule has 1 fully saturated rings. The fourth-order valence-electron chi connectivity index (χ4n) is 10.2. The number of aromatic nitrogens is 1. The minimum absolute atomic E-state index is 0.125. The molecule has 2 bridgehead atoms. The van der Waals surface area contributed by atoms with Gasteiger partial charge in [-0.3, -0.25) is 0 Å². The van der Waals surface area contributed by atoms with Crippen LogP contribution in [0.4, 0.5) is 11.4 Å². The van der Waals surface area contributed by atoms with Crippen molar-refractivity contribution in [2.45, 2.75) is 102 Å². The summed E-state index contributed by atoms with van der Waals surface area (Å²) in [4.78, 5) is 2.57. The first-order valence-electron chi connectivity index (χ1n) is 24.3. The average Bonchev–Trinajstić information content (AvgIpc) is 3.61. The van der Waals surface area contributed by atoms with Gasteiger partial charge in [-0.05, 0) is 169 Å². The van der Waals surface area contributed by atoms with Crippen LogP contribution in [-0.2, 0) is 6.42 Å². The summed E-state index contributed by atoms with van der Waals surface area (Å²) in [5.74, 6) is 0.765. The number of rotatable bonds is 10. The highest BCUT2D eigenvalue weighted by atomic mass is 15.2. The largest absolute Gasteiger partial charge is 0.313 e. The minimum Gasteiger partial charge on any atom is -0.313 e. The van der Waals surface area contributed by atoms with Crippen LogP contribution in [0.3, 0.4) is 0 Å². The maximum Gasteiger partial charge on any atom is 0.0538 e. The molecule has 0 N–H and O–H groups in total. The summed E-state index contributed by atoms with van der Waals surface area (Å²) in [7, 11) is 0. The van der Waals surface area contributed by atoms with Gasteiger partial charge in [-0.25, -0.2) is 0 Å². The van der Waals surface area contributed by atoms with E-state index in [4.69, 9.17) is 13.2 Å². The van der Waals surface area contributed by atoms with E-state index in [9.17, 15) is 0 Å². The number of allylic oxidation sites excluding steroid dienone is 20. The van der Waals surface area contributed by atoms with Crippen LogP contribution in [0.25, 0.3) is 39.4 Å². The van der Waals surface area contributed by atoms with Crippen molar-refractivity contribution >= 4 is 50.8 Å². The molecule has 0 spiro atoms. The Morgan fingerprint density at radius 3 is 2.15 bits per heavy atom. The van der Waals surface area contributed by atoms with Gasteiger partial charge in [0.2, 0.25) is 0 Å². The summed E-state index contributed by atoms with van der Waals surface area (Å²) in [6.07, 6.45) is 27.3. The van der Waals surface area contributed by atoms with E-state index in [-0.39, 0.29) is 23.7 Å². The second kappa shape index (κ2) is 21.2. The van der Waals surface area contributed by atoms with Gasteiger partial charge in [0.15, 0.2) is 0 Å². The Labute approximate surface area is 393 Å². The van der Waals surface area contributed by atoms with Gasteiger partial charge in [-0.2, -0.15) is 0 Å². The zero-order chi connectivity index (χ0) is 47.1. The van der Waals surface area contributed by atoms with E-state index >= 15 is 0 Å². The first-order chi connectivity index (χ1) is 31.4. The molecule has 0 radical (unpaired) electrons. The molecule has 3 aliphatic rings. The van der Waals surface area contributed by atoms with Crippen molar-refractivity contribution in [3.8, 4) is 0 Å². The van der Waals surface area contributed by atoms with Gasteiger partial charge in [0.25, 0.3) is 0 Å². The Balaban J connectivity index is 0.00000345. The average molecular weight is 859 g/mol. The lowest BCUT2D eigenvalue weighted by molar-refractivity contribution is 0.420. The van der Waals surface area contributed by atoms with E-state index in [0.717, 1.165) is 53.0 Å². The predicted octanol–water partition coefficient (Wildman–Crippen LogP) is 18.5. The molecule has 2 heteroatoms. The van der Waals surface area contributed by atoms with Crippen LogP contribution in [-0.4, -0.2) is 4.57 Å². The van der Waals surface area contributed by atoms with Crippen LogP contribution < -0.4 is 4.90 Å². The fraction of sp³-hybridized carbons (Fsp3) is 0.302. The monoisotopic (exact) mass is 859 g/mol. The zero-order valence-corrected chi connectivity index (χ0v) is 41.6. The molecule has 1 aromatic heterocycles. The molecule has 1 saturated carbocycles. The second-order valence-corrected chi connectivity index (χ2v) is 17.7. The number of hydrogen-bond donors (Lipinski definition) is 0. The summed E-state index contributed by atoms with van der Waals surface area (Å²) in [5, 5.41) is 1.26. The van der Waals surface area contributed by atoms with Crippen LogP contribution in [0.2, 0.25) is 0 Å². The SMILES string of the molecule is C=C/C=C(\C=C/C)n1c2c(c3cc(C(=C/CC)/C(C)=C\C)ccc31)/C=C1\C(=C)C3=C(\C(C)C(C)C2)N(c2ccccc2)c2ccc(/C(=C/C=C\C)CC)cc2C(=C)/C=C\3C(C)C1C.CC. The molecule has 7 rings (SSSR count). The Morgan fingerprint density at radius 1 is 0.800 bits per heavy atom. The Kier molecular flexibility index (Phi) is 15.8. The van der Waals surface area contributed by atoms with Crippen molar-refractivity contribution in [3.05, 3.63) is 209 Å². The Morgan fingerprint density at radius 2 is 1.51 bits per heavy atom. The molecule has 4 aromatic rings. The maximum absolute atomic E-state index is 5.12. The molecule has 2 heterocycles. The van der Waals surface area contributed by atoms with E-state index < -0.39 is 0 Å². The molecule has 3 aromatic carbocycles. The highest BCUT2D eigenvalue weighted by Gasteiger charge is 2.41. The predicted molar refractivity (Wildman–Crippen MR) is 290 cm³/mol. The number of para-hydroxylation sites is 1. The molecule has 4 unspecified atom stereocenters. The highest BCUT2D eigenvalue weighted by Crippen LogP contribution is 2.54. The van der Waals surface area contributed by atoms with E-state index in [1.165, 1.54) is 72.4 Å². The Hall–Kier alpha value is -6.12. The quantitative estimate of drug-likeness (QED) is 0.144. The smallest absolute Gasteiger partial charge is 0.0538 e. The van der Waals surface area contributed by atoms with Crippen molar-refractivity contribution < 1.29 is 0 Å². The van der Waals surface area contributed by atoms with Crippen molar-refractivity contribution in [2.75, 3.05) is 4.90 Å². The van der Waals surface area contributed by atoms with Crippen molar-refractivity contribution in [1.29, 1.82) is 0 Å². The fourth-order valence-corrected chi connectivity index (χ4v) is 10.2. The van der Waals surface area contributed by atoms with Gasteiger partial charge in [-0.1, -0.05) is 154 Å². The van der Waals surface area contributed by atoms with Crippen molar-refractivity contribution in [2.24, 2.45) is 23.7 Å². The van der Waals surface area contributed by atoms with E-state index in [0.29, 0.717) is 0 Å². The van der Waals surface area contributed by atoms with E-state index in [1.54, 1.807) is 0 Å². The van der Waals surface area contributed by atoms with E-state index in [2.05, 4.69) is 213 Å². The molecule has 1 aliphatic heterocycles. The van der Waals surface area contributed by atoms with Gasteiger partial charge in [0.05, 0.1) is 11.2 Å². The summed E-state index contributed by atoms with van der Waals surface area (Å²) in [5.41, 5.74) is 22.1. The first-order valence-corrected chi connectivity index (χ1v) is 24.3. The van der Waals surface area contributed by atoms with Crippen LogP contribution >= 0.6 is 0 Å². The highest BCUT2D eigenvalue weighted by molar-refractivity contribution is 5.99. The topological polar surface area (TPSA) is 8.17 Å². The zero-order valence-electron chi connectivity index (χ0n) is 41.6. The Bertz CT molecular complexity index is 2750. The van der Waals surface area contributed by atoms with Gasteiger partial charge < -0.3 is 9.47 Å². The molecule has 4 atom stereocenters. The summed E-state index contributed by atoms with van der Waals surface area (Å²) < 4.78 is 2.52. The molecule has 2 nitrogen and oxygen atoms in total. The number of nitrogens with zero attached hydrogens (tertiary/aromatic N) is 2. The molecule has 0 amide bonds. The second-order valence-electron chi connectivity index (χ2n) is 17.7. The van der Waals surface area contributed by atoms with Crippen LogP contribution in [0, 0.1) is 23.7 Å². The maximum atomic E-state index is 5.12. The summed E-state index contributed by atoms with van der Waals surface area (Å²) >= 11 is 0. The standard InChI is InChI=1S/C61H68N2.C2H6/c1-14-20-27-46(19-6)47-30-32-57-52(36-47)41(9)34-54-44(12)43(11)53-38-56-55-37-48(51(26-17-4)39(7)18-5)31-33-58(55)62(49(24-15-2)25-16-3)59(56)35-40(8)42(10)61(60(54)45(53)13)63(57)50-28-22-21-23-29-50;1-2/h14-16,18,20-34,36-38,40,42-44H,2,9,13,17,19,35H2,1,3-8,10-12H3;1-2H3/b20-14-,25-16-,39-18-,46-27+,49-24+,51-26+,53-38-,54-34-,61-60-;. The van der Waals surface area contributed by atoms with Crippen LogP contribution in [0.5, 0.6) is 0 Å². The minimum atomic E-state index is 0.125. The first kappa shape index (κ1) is 48.3. The third-order valence-corrected chi connectivity index (χ3v) is 14.0. The molecular formula is C63H74N2. The van der Waals surface area contributed by atoms with Crippen molar-refractivity contribution in [3.63, 3.8) is 0 Å². The summed E-state index contributed by atoms with van der Waals surface area (Å²) in [6.45, 7) is 40.9. The van der Waals surface area contributed by atoms with Crippen molar-refractivity contribution in [1.82, 2.24) is 4.57 Å². The van der Waals surface area contributed by atoms with Gasteiger partial charge in [0.1, 0.15) is 0 Å². The van der Waals surface area contributed by atoms with E-state index in [1.807, 2.05) is 19.9 Å². The number of hydrogen-bond acceptors (Lipinski definition) is 1. The van der Waals surface area contributed by atoms with Gasteiger partial charge in [-0.15, -0.1) is 0 Å². The van der Waals surface area contributed by atoms with Crippen LogP contribution in [0.1, 0.15) is 124 Å². The normalized spacial score (nSPS) is 23.5. The lowest BCUT2D eigenvalue weighted by Gasteiger charge is -2.44. The summed E-state index contributed by atoms with van der Waals surface area (Å²) in [6, 6.07) is 25.1. The molecule has 336 valence electrons. The number of fused-ring (bicyclic) bond motifs is 5.